The number of benzene rings is 4. The van der Waals surface area contributed by atoms with Gasteiger partial charge in [0.25, 0.3) is 5.56 Å². The molecule has 4 aromatic carbocycles. The molecule has 9 heteroatoms. The van der Waals surface area contributed by atoms with E-state index >= 15 is 0 Å². The number of carbonyl (C=O) groups excluding carboxylic acids is 1. The standard InChI is InChI=1S/C32H27ClF2N4O2/c1-20-18-23(33)12-15-29(20)39-30(36-27-11-7-6-10-25(27)31(39)40)21(2)38(17-16-22-8-4-3-5-9-22)32(41)37-28-14-13-24(34)19-26(28)35/h3-15,18-19,21H,16-17H2,1-2H3,(H,37,41). The van der Waals surface area contributed by atoms with Gasteiger partial charge in [0.15, 0.2) is 0 Å². The number of hydrogen-bond acceptors (Lipinski definition) is 3. The van der Waals surface area contributed by atoms with E-state index in [1.165, 1.54) is 15.5 Å². The lowest BCUT2D eigenvalue weighted by Gasteiger charge is -2.31. The van der Waals surface area contributed by atoms with Crippen LogP contribution in [0.5, 0.6) is 0 Å². The molecule has 0 radical (unpaired) electrons. The molecule has 0 aliphatic rings. The molecule has 0 fully saturated rings. The molecule has 41 heavy (non-hydrogen) atoms. The molecule has 0 spiro atoms. The second-order valence-electron chi connectivity index (χ2n) is 9.72. The van der Waals surface area contributed by atoms with Crippen molar-refractivity contribution in [2.24, 2.45) is 0 Å². The minimum atomic E-state index is -0.897. The average Bonchev–Trinajstić information content (AvgIpc) is 2.95. The first-order valence-electron chi connectivity index (χ1n) is 13.1. The summed E-state index contributed by atoms with van der Waals surface area (Å²) >= 11 is 6.21. The van der Waals surface area contributed by atoms with Gasteiger partial charge in [-0.1, -0.05) is 54.1 Å². The molecule has 1 unspecified atom stereocenters. The zero-order valence-electron chi connectivity index (χ0n) is 22.4. The molecule has 0 saturated carbocycles. The third-order valence-corrected chi connectivity index (χ3v) is 7.20. The van der Waals surface area contributed by atoms with Crippen molar-refractivity contribution in [1.82, 2.24) is 14.5 Å². The van der Waals surface area contributed by atoms with E-state index in [1.54, 1.807) is 49.4 Å². The third-order valence-electron chi connectivity index (χ3n) is 6.96. The van der Waals surface area contributed by atoms with E-state index in [4.69, 9.17) is 16.6 Å². The summed E-state index contributed by atoms with van der Waals surface area (Å²) in [6.45, 7) is 3.83. The second-order valence-corrected chi connectivity index (χ2v) is 10.2. The summed E-state index contributed by atoms with van der Waals surface area (Å²) in [5.74, 6) is -1.33. The fraction of sp³-hybridized carbons (Fsp3) is 0.156. The van der Waals surface area contributed by atoms with Gasteiger partial charge in [-0.3, -0.25) is 9.36 Å². The van der Waals surface area contributed by atoms with E-state index < -0.39 is 23.7 Å². The Morgan fingerprint density at radius 3 is 2.46 bits per heavy atom. The maximum Gasteiger partial charge on any atom is 0.322 e. The topological polar surface area (TPSA) is 67.2 Å². The Bertz CT molecular complexity index is 1790. The van der Waals surface area contributed by atoms with Gasteiger partial charge >= 0.3 is 6.03 Å². The lowest BCUT2D eigenvalue weighted by atomic mass is 10.1. The molecule has 0 bridgehead atoms. The molecule has 1 N–H and O–H groups in total. The zero-order valence-corrected chi connectivity index (χ0v) is 23.2. The van der Waals surface area contributed by atoms with Gasteiger partial charge in [0, 0.05) is 17.6 Å². The van der Waals surface area contributed by atoms with Crippen LogP contribution in [-0.2, 0) is 6.42 Å². The van der Waals surface area contributed by atoms with Gasteiger partial charge < -0.3 is 10.2 Å². The van der Waals surface area contributed by atoms with Crippen molar-refractivity contribution in [2.75, 3.05) is 11.9 Å². The van der Waals surface area contributed by atoms with Crippen LogP contribution in [0.1, 0.15) is 29.9 Å². The summed E-state index contributed by atoms with van der Waals surface area (Å²) in [6, 6.07) is 23.4. The highest BCUT2D eigenvalue weighted by molar-refractivity contribution is 6.30. The fourth-order valence-corrected chi connectivity index (χ4v) is 5.04. The van der Waals surface area contributed by atoms with Crippen LogP contribution >= 0.6 is 11.6 Å². The Kier molecular flexibility index (Phi) is 8.12. The van der Waals surface area contributed by atoms with E-state index in [2.05, 4.69) is 5.32 Å². The number of nitrogens with zero attached hydrogens (tertiary/aromatic N) is 3. The highest BCUT2D eigenvalue weighted by Crippen LogP contribution is 2.27. The summed E-state index contributed by atoms with van der Waals surface area (Å²) in [7, 11) is 0. The average molecular weight is 573 g/mol. The SMILES string of the molecule is Cc1cc(Cl)ccc1-n1c(C(C)N(CCc2ccccc2)C(=O)Nc2ccc(F)cc2F)nc2ccccc2c1=O. The highest BCUT2D eigenvalue weighted by Gasteiger charge is 2.28. The number of aryl methyl sites for hydroxylation is 1. The Hall–Kier alpha value is -4.56. The van der Waals surface area contributed by atoms with Crippen LogP contribution in [0, 0.1) is 18.6 Å². The molecule has 2 amide bonds. The van der Waals surface area contributed by atoms with Crippen molar-refractivity contribution in [1.29, 1.82) is 0 Å². The summed E-state index contributed by atoms with van der Waals surface area (Å²) in [5.41, 5.74) is 2.34. The van der Waals surface area contributed by atoms with E-state index in [1.807, 2.05) is 37.3 Å². The van der Waals surface area contributed by atoms with Crippen LogP contribution in [0.25, 0.3) is 16.6 Å². The molecule has 5 aromatic rings. The first-order valence-corrected chi connectivity index (χ1v) is 13.5. The highest BCUT2D eigenvalue weighted by atomic mass is 35.5. The maximum atomic E-state index is 14.5. The fourth-order valence-electron chi connectivity index (χ4n) is 4.82. The van der Waals surface area contributed by atoms with Crippen LogP contribution in [-0.4, -0.2) is 27.0 Å². The molecule has 1 atom stereocenters. The normalized spacial score (nSPS) is 11.8. The molecule has 0 aliphatic carbocycles. The number of anilines is 1. The number of urea groups is 1. The predicted molar refractivity (Wildman–Crippen MR) is 158 cm³/mol. The van der Waals surface area contributed by atoms with Gasteiger partial charge in [0.1, 0.15) is 17.5 Å². The van der Waals surface area contributed by atoms with Crippen molar-refractivity contribution in [2.45, 2.75) is 26.3 Å². The van der Waals surface area contributed by atoms with Crippen LogP contribution in [0.3, 0.4) is 0 Å². The molecule has 0 saturated heterocycles. The smallest absolute Gasteiger partial charge is 0.314 e. The summed E-state index contributed by atoms with van der Waals surface area (Å²) in [5, 5.41) is 3.51. The Morgan fingerprint density at radius 1 is 1.00 bits per heavy atom. The first kappa shape index (κ1) is 28.0. The Morgan fingerprint density at radius 2 is 1.73 bits per heavy atom. The number of amides is 2. The van der Waals surface area contributed by atoms with Gasteiger partial charge in [-0.15, -0.1) is 0 Å². The van der Waals surface area contributed by atoms with E-state index in [9.17, 15) is 18.4 Å². The monoisotopic (exact) mass is 572 g/mol. The third kappa shape index (κ3) is 5.98. The minimum Gasteiger partial charge on any atom is -0.314 e. The summed E-state index contributed by atoms with van der Waals surface area (Å²) < 4.78 is 29.5. The molecule has 5 rings (SSSR count). The first-order chi connectivity index (χ1) is 19.7. The molecular weight excluding hydrogens is 546 g/mol. The number of halogens is 3. The van der Waals surface area contributed by atoms with Crippen molar-refractivity contribution in [3.8, 4) is 5.69 Å². The Balaban J connectivity index is 1.63. The number of rotatable bonds is 7. The number of hydrogen-bond donors (Lipinski definition) is 1. The van der Waals surface area contributed by atoms with Crippen molar-refractivity contribution >= 4 is 34.2 Å². The number of para-hydroxylation sites is 1. The molecule has 6 nitrogen and oxygen atoms in total. The van der Waals surface area contributed by atoms with Gasteiger partial charge in [-0.25, -0.2) is 18.6 Å². The quantitative estimate of drug-likeness (QED) is 0.220. The molecule has 1 heterocycles. The van der Waals surface area contributed by atoms with E-state index in [0.29, 0.717) is 39.9 Å². The van der Waals surface area contributed by atoms with E-state index in [-0.39, 0.29) is 17.8 Å². The molecule has 208 valence electrons. The minimum absolute atomic E-state index is 0.161. The lowest BCUT2D eigenvalue weighted by Crippen LogP contribution is -2.41. The van der Waals surface area contributed by atoms with Gasteiger partial charge in [0.2, 0.25) is 0 Å². The van der Waals surface area contributed by atoms with Crippen LogP contribution in [0.15, 0.2) is 95.8 Å². The van der Waals surface area contributed by atoms with Gasteiger partial charge in [0.05, 0.1) is 28.3 Å². The largest absolute Gasteiger partial charge is 0.322 e. The molecule has 0 aliphatic heterocycles. The number of nitrogens with one attached hydrogen (secondary N) is 1. The van der Waals surface area contributed by atoms with Crippen LogP contribution < -0.4 is 10.9 Å². The van der Waals surface area contributed by atoms with Crippen molar-refractivity contribution < 1.29 is 13.6 Å². The van der Waals surface area contributed by atoms with Crippen LogP contribution in [0.4, 0.5) is 19.3 Å². The van der Waals surface area contributed by atoms with Crippen molar-refractivity contribution in [3.63, 3.8) is 0 Å². The summed E-state index contributed by atoms with van der Waals surface area (Å²) in [6.07, 6.45) is 0.488. The van der Waals surface area contributed by atoms with Crippen LogP contribution in [0.2, 0.25) is 5.02 Å². The second kappa shape index (κ2) is 11.9. The Labute approximate surface area is 240 Å². The zero-order chi connectivity index (χ0) is 29.1. The maximum absolute atomic E-state index is 14.5. The molecular formula is C32H27ClF2N4O2. The van der Waals surface area contributed by atoms with Gasteiger partial charge in [-0.2, -0.15) is 0 Å². The predicted octanol–water partition coefficient (Wildman–Crippen LogP) is 7.46. The lowest BCUT2D eigenvalue weighted by molar-refractivity contribution is 0.190. The van der Waals surface area contributed by atoms with Gasteiger partial charge in [-0.05, 0) is 73.9 Å². The molecule has 1 aromatic heterocycles. The number of fused-ring (bicyclic) bond motifs is 1. The number of carbonyl (C=O) groups is 1. The number of aromatic nitrogens is 2. The summed E-state index contributed by atoms with van der Waals surface area (Å²) in [4.78, 5) is 34.0. The van der Waals surface area contributed by atoms with E-state index in [0.717, 1.165) is 17.2 Å². The van der Waals surface area contributed by atoms with Crippen molar-refractivity contribution in [3.05, 3.63) is 135 Å².